The first kappa shape index (κ1) is 30.9. The van der Waals surface area contributed by atoms with Crippen molar-refractivity contribution in [3.8, 4) is 0 Å². The van der Waals surface area contributed by atoms with Crippen molar-refractivity contribution in [1.82, 2.24) is 0 Å². The fraction of sp³-hybridized carbons (Fsp3) is 0.182. The zero-order valence-electron chi connectivity index (χ0n) is 19.0. The van der Waals surface area contributed by atoms with Gasteiger partial charge in [0.25, 0.3) is 0 Å². The summed E-state index contributed by atoms with van der Waals surface area (Å²) in [5, 5.41) is 74.0. The van der Waals surface area contributed by atoms with Crippen molar-refractivity contribution in [3.05, 3.63) is 104 Å². The van der Waals surface area contributed by atoms with Gasteiger partial charge in [0.05, 0.1) is 33.6 Å². The van der Waals surface area contributed by atoms with E-state index in [4.69, 9.17) is 56.8 Å². The van der Waals surface area contributed by atoms with Crippen LogP contribution in [0.2, 0.25) is 0 Å². The van der Waals surface area contributed by atoms with E-state index in [-0.39, 0.29) is 33.9 Å². The molecule has 0 radical (unpaired) electrons. The van der Waals surface area contributed by atoms with E-state index in [0.717, 1.165) is 12.1 Å². The molecule has 0 fully saturated rings. The molecule has 0 aliphatic carbocycles. The summed E-state index contributed by atoms with van der Waals surface area (Å²) in [6.45, 7) is 0. The van der Waals surface area contributed by atoms with Gasteiger partial charge in [-0.05, 0) is 23.3 Å². The molecule has 38 heavy (non-hydrogen) atoms. The average Bonchev–Trinajstić information content (AvgIpc) is 2.90. The van der Waals surface area contributed by atoms with E-state index < -0.39 is 42.4 Å². The standard InChI is InChI=1S/C22H22Cl4N4O8/c23-19(21(25)15-6-4-13(27(31)32)9-17(15)29(35)36)11-2-1-3-12(8-11)20(24)22(26)16-7-5-14(28(33)34)10-18(16)30(37)38/h1-10,19-22,27-31,33,35,37H/t19-,20+,21-,22-/m1/s1. The van der Waals surface area contributed by atoms with E-state index in [0.29, 0.717) is 11.1 Å². The Kier molecular flexibility index (Phi) is 10.7. The van der Waals surface area contributed by atoms with Gasteiger partial charge in [-0.25, -0.2) is 20.8 Å². The van der Waals surface area contributed by atoms with E-state index in [2.05, 4.69) is 0 Å². The highest BCUT2D eigenvalue weighted by Gasteiger charge is 2.30. The molecule has 8 atom stereocenters. The van der Waals surface area contributed by atoms with Crippen LogP contribution in [0.1, 0.15) is 43.8 Å². The second-order valence-electron chi connectivity index (χ2n) is 8.10. The van der Waals surface area contributed by atoms with Crippen molar-refractivity contribution >= 4 is 69.2 Å². The van der Waals surface area contributed by atoms with Crippen molar-refractivity contribution in [1.29, 1.82) is 0 Å². The summed E-state index contributed by atoms with van der Waals surface area (Å²) < 4.78 is 0. The number of alkyl halides is 4. The second kappa shape index (κ2) is 13.1. The smallest absolute Gasteiger partial charge is 0.174 e. The lowest BCUT2D eigenvalue weighted by molar-refractivity contribution is -0.996. The van der Waals surface area contributed by atoms with Gasteiger partial charge in [0.15, 0.2) is 22.7 Å². The molecule has 3 aromatic rings. The van der Waals surface area contributed by atoms with Crippen molar-refractivity contribution < 1.29 is 41.7 Å². The topological polar surface area (TPSA) is 191 Å². The maximum absolute atomic E-state index is 11.7. The van der Waals surface area contributed by atoms with Crippen LogP contribution in [0.3, 0.4) is 0 Å². The van der Waals surface area contributed by atoms with Gasteiger partial charge >= 0.3 is 0 Å². The molecule has 0 heterocycles. The summed E-state index contributed by atoms with van der Waals surface area (Å²) in [4.78, 5) is 0. The highest BCUT2D eigenvalue weighted by atomic mass is 35.5. The molecule has 0 saturated heterocycles. The first-order valence-electron chi connectivity index (χ1n) is 10.7. The van der Waals surface area contributed by atoms with Gasteiger partial charge in [0.1, 0.15) is 0 Å². The van der Waals surface area contributed by atoms with Crippen molar-refractivity contribution in [2.24, 2.45) is 0 Å². The van der Waals surface area contributed by atoms with Gasteiger partial charge in [-0.15, -0.1) is 46.4 Å². The average molecular weight is 612 g/mol. The maximum Gasteiger partial charge on any atom is 0.174 e. The maximum atomic E-state index is 11.7. The number of rotatable bonds is 10. The Morgan fingerprint density at radius 2 is 0.868 bits per heavy atom. The van der Waals surface area contributed by atoms with Crippen LogP contribution in [0, 0.1) is 20.8 Å². The Morgan fingerprint density at radius 1 is 0.500 bits per heavy atom. The molecule has 8 N–H and O–H groups in total. The summed E-state index contributed by atoms with van der Waals surface area (Å²) in [6, 6.07) is 13.5. The lowest BCUT2D eigenvalue weighted by Crippen LogP contribution is -3.01. The van der Waals surface area contributed by atoms with Crippen LogP contribution in [0.15, 0.2) is 60.7 Å². The van der Waals surface area contributed by atoms with Gasteiger partial charge in [0.2, 0.25) is 0 Å². The highest BCUT2D eigenvalue weighted by Crippen LogP contribution is 2.45. The van der Waals surface area contributed by atoms with Crippen LogP contribution >= 0.6 is 46.4 Å². The van der Waals surface area contributed by atoms with Gasteiger partial charge in [-0.1, -0.05) is 24.3 Å². The zero-order valence-corrected chi connectivity index (χ0v) is 22.0. The van der Waals surface area contributed by atoms with Crippen LogP contribution in [0.25, 0.3) is 0 Å². The molecule has 0 aliphatic heterocycles. The Labute approximate surface area is 235 Å². The molecule has 16 heteroatoms. The van der Waals surface area contributed by atoms with E-state index in [1.165, 1.54) is 24.3 Å². The molecule has 12 nitrogen and oxygen atoms in total. The molecular weight excluding hydrogens is 590 g/mol. The first-order chi connectivity index (χ1) is 17.8. The Balaban J connectivity index is 1.91. The fourth-order valence-corrected chi connectivity index (χ4v) is 5.00. The second-order valence-corrected chi connectivity index (χ2v) is 9.98. The monoisotopic (exact) mass is 610 g/mol. The third kappa shape index (κ3) is 6.91. The SMILES string of the molecule is [O-][NH+](O)c1ccc([C@@H](Cl)[C@H](Cl)c2cccc([C@H](Cl)[C@H](Cl)c3ccc([NH+]([O-])O)cc3[NH+]([O-])O)c2)c([NH+]([O-])O)c1. The zero-order chi connectivity index (χ0) is 28.3. The summed E-state index contributed by atoms with van der Waals surface area (Å²) in [5.74, 6) is 0. The lowest BCUT2D eigenvalue weighted by Gasteiger charge is -2.25. The number of benzene rings is 3. The molecule has 4 unspecified atom stereocenters. The lowest BCUT2D eigenvalue weighted by atomic mass is 9.96. The van der Waals surface area contributed by atoms with E-state index >= 15 is 0 Å². The van der Waals surface area contributed by atoms with Crippen molar-refractivity contribution in [2.45, 2.75) is 21.5 Å². The van der Waals surface area contributed by atoms with Gasteiger partial charge in [-0.3, -0.25) is 0 Å². The molecule has 0 bridgehead atoms. The molecular formula is C22H22Cl4N4O8. The molecule has 0 aromatic heterocycles. The largest absolute Gasteiger partial charge is 0.595 e. The number of hydrogen-bond donors (Lipinski definition) is 8. The van der Waals surface area contributed by atoms with Crippen LogP contribution < -0.4 is 20.9 Å². The molecule has 0 amide bonds. The van der Waals surface area contributed by atoms with Crippen molar-refractivity contribution in [3.63, 3.8) is 0 Å². The molecule has 0 aliphatic rings. The Bertz CT molecular complexity index is 1160. The normalized spacial score (nSPS) is 18.2. The Morgan fingerprint density at radius 3 is 1.18 bits per heavy atom. The van der Waals surface area contributed by atoms with Crippen LogP contribution in [-0.2, 0) is 0 Å². The van der Waals surface area contributed by atoms with E-state index in [9.17, 15) is 31.2 Å². The third-order valence-electron chi connectivity index (χ3n) is 5.72. The highest BCUT2D eigenvalue weighted by molar-refractivity contribution is 6.31. The van der Waals surface area contributed by atoms with Gasteiger partial charge < -0.3 is 20.8 Å². The minimum Gasteiger partial charge on any atom is -0.595 e. The molecule has 3 rings (SSSR count). The molecule has 0 saturated carbocycles. The molecule has 206 valence electrons. The molecule has 0 spiro atoms. The predicted molar refractivity (Wildman–Crippen MR) is 137 cm³/mol. The summed E-state index contributed by atoms with van der Waals surface area (Å²) in [5.41, 5.74) is 0.0296. The quantitative estimate of drug-likeness (QED) is 0.126. The number of hydrogen-bond acceptors (Lipinski definition) is 8. The van der Waals surface area contributed by atoms with Gasteiger partial charge in [-0.2, -0.15) is 20.9 Å². The Hall–Kier alpha value is -1.66. The third-order valence-corrected chi connectivity index (χ3v) is 7.96. The van der Waals surface area contributed by atoms with Crippen LogP contribution in [0.5, 0.6) is 0 Å². The number of halogens is 4. The van der Waals surface area contributed by atoms with Crippen molar-refractivity contribution in [2.75, 3.05) is 0 Å². The predicted octanol–water partition coefficient (Wildman–Crippen LogP) is 1.82. The summed E-state index contributed by atoms with van der Waals surface area (Å²) in [7, 11) is 0. The van der Waals surface area contributed by atoms with Crippen LogP contribution in [-0.4, -0.2) is 20.8 Å². The fourth-order valence-electron chi connectivity index (χ4n) is 3.79. The van der Waals surface area contributed by atoms with Gasteiger partial charge in [0, 0.05) is 23.3 Å². The minimum absolute atomic E-state index is 0.108. The minimum atomic E-state index is -1.37. The summed E-state index contributed by atoms with van der Waals surface area (Å²) >= 11 is 26.3. The van der Waals surface area contributed by atoms with E-state index in [1.54, 1.807) is 24.3 Å². The number of quaternary nitrogens is 4. The first-order valence-corrected chi connectivity index (χ1v) is 12.4. The van der Waals surface area contributed by atoms with E-state index in [1.807, 2.05) is 0 Å². The molecule has 3 aromatic carbocycles. The van der Waals surface area contributed by atoms with Crippen LogP contribution in [0.4, 0.5) is 22.7 Å². The summed E-state index contributed by atoms with van der Waals surface area (Å²) in [6.07, 6.45) is 0. The number of nitrogens with one attached hydrogen (secondary N) is 4.